The molecule has 0 unspecified atom stereocenters. The molecule has 1 aromatic rings. The molecule has 2 rings (SSSR count). The molecule has 98 valence electrons. The number of hydrogen-bond donors (Lipinski definition) is 0. The largest absolute Gasteiger partial charge is 0.494 e. The highest BCUT2D eigenvalue weighted by molar-refractivity contribution is 6.10. The topological polar surface area (TPSA) is 58.0 Å². The molecular formula is C15H17N3O. The van der Waals surface area contributed by atoms with Crippen LogP contribution < -0.4 is 4.74 Å². The lowest BCUT2D eigenvalue weighted by Crippen LogP contribution is -2.12. The molecule has 0 fully saturated rings. The fraction of sp³-hybridized carbons (Fsp3) is 0.333. The predicted molar refractivity (Wildman–Crippen MR) is 76.3 cm³/mol. The molecule has 0 atom stereocenters. The van der Waals surface area contributed by atoms with Gasteiger partial charge in [0.2, 0.25) is 0 Å². The van der Waals surface area contributed by atoms with Crippen molar-refractivity contribution in [3.63, 3.8) is 0 Å². The first kappa shape index (κ1) is 13.2. The number of aliphatic imine (C=N–C) groups is 1. The maximum Gasteiger partial charge on any atom is 0.295 e. The molecule has 0 heterocycles. The molecule has 0 amide bonds. The van der Waals surface area contributed by atoms with Crippen LogP contribution in [0.4, 0.5) is 5.69 Å². The number of ether oxygens (including phenoxy) is 1. The van der Waals surface area contributed by atoms with E-state index in [1.165, 1.54) is 0 Å². The van der Waals surface area contributed by atoms with Crippen LogP contribution in [0.2, 0.25) is 0 Å². The zero-order chi connectivity index (χ0) is 13.7. The van der Waals surface area contributed by atoms with Gasteiger partial charge in [0.05, 0.1) is 18.7 Å². The summed E-state index contributed by atoms with van der Waals surface area (Å²) >= 11 is 0. The van der Waals surface area contributed by atoms with Crippen LogP contribution in [0.15, 0.2) is 40.9 Å². The third-order valence-electron chi connectivity index (χ3n) is 3.00. The van der Waals surface area contributed by atoms with Crippen molar-refractivity contribution in [1.29, 1.82) is 0 Å². The zero-order valence-corrected chi connectivity index (χ0v) is 11.3. The van der Waals surface area contributed by atoms with Gasteiger partial charge in [-0.05, 0) is 44.2 Å². The molecule has 0 aromatic heterocycles. The van der Waals surface area contributed by atoms with E-state index in [2.05, 4.69) is 9.78 Å². The van der Waals surface area contributed by atoms with Gasteiger partial charge in [-0.1, -0.05) is 0 Å². The first-order valence-corrected chi connectivity index (χ1v) is 6.43. The highest BCUT2D eigenvalue weighted by Crippen LogP contribution is 2.21. The lowest BCUT2D eigenvalue weighted by atomic mass is 9.97. The monoisotopic (exact) mass is 255 g/mol. The Hall–Kier alpha value is -2.19. The predicted octanol–water partition coefficient (Wildman–Crippen LogP) is 3.57. The third-order valence-corrected chi connectivity index (χ3v) is 3.00. The van der Waals surface area contributed by atoms with Gasteiger partial charge in [-0.2, -0.15) is 4.79 Å². The van der Waals surface area contributed by atoms with E-state index in [0.29, 0.717) is 6.61 Å². The summed E-state index contributed by atoms with van der Waals surface area (Å²) in [5.74, 6) is 0.858. The van der Waals surface area contributed by atoms with Crippen LogP contribution in [0.25, 0.3) is 5.53 Å². The molecule has 0 aliphatic heterocycles. The smallest absolute Gasteiger partial charge is 0.295 e. The summed E-state index contributed by atoms with van der Waals surface area (Å²) in [5.41, 5.74) is 12.4. The second kappa shape index (κ2) is 6.12. The molecule has 1 aliphatic rings. The Balaban J connectivity index is 2.18. The Morgan fingerprint density at radius 3 is 2.58 bits per heavy atom. The highest BCUT2D eigenvalue weighted by atomic mass is 16.5. The molecule has 0 saturated heterocycles. The maximum absolute atomic E-state index is 8.81. The van der Waals surface area contributed by atoms with Gasteiger partial charge >= 0.3 is 0 Å². The maximum atomic E-state index is 8.81. The SMILES string of the molecule is CCOc1ccc(N=C2C=C(C)C(=[N+]=[N-])CC2)cc1. The number of benzene rings is 1. The van der Waals surface area contributed by atoms with Crippen LogP contribution in [0.3, 0.4) is 0 Å². The fourth-order valence-electron chi connectivity index (χ4n) is 2.02. The van der Waals surface area contributed by atoms with E-state index in [-0.39, 0.29) is 0 Å². The lowest BCUT2D eigenvalue weighted by Gasteiger charge is -2.08. The van der Waals surface area contributed by atoms with E-state index in [9.17, 15) is 0 Å². The quantitative estimate of drug-likeness (QED) is 0.601. The summed E-state index contributed by atoms with van der Waals surface area (Å²) in [6.07, 6.45) is 3.49. The number of hydrogen-bond acceptors (Lipinski definition) is 2. The van der Waals surface area contributed by atoms with E-state index < -0.39 is 0 Å². The average Bonchev–Trinajstić information content (AvgIpc) is 2.42. The van der Waals surface area contributed by atoms with Crippen molar-refractivity contribution in [3.05, 3.63) is 41.4 Å². The standard InChI is InChI=1S/C15H17N3O/c1-3-19-14-7-4-12(5-8-14)17-13-6-9-15(18-16)11(2)10-13/h4-5,7-8,10H,3,6,9H2,1-2H3. The molecule has 0 saturated carbocycles. The van der Waals surface area contributed by atoms with Crippen molar-refractivity contribution in [1.82, 2.24) is 0 Å². The average molecular weight is 255 g/mol. The molecule has 0 bridgehead atoms. The molecule has 4 nitrogen and oxygen atoms in total. The van der Waals surface area contributed by atoms with Crippen molar-refractivity contribution in [2.45, 2.75) is 26.7 Å². The minimum atomic E-state index is 0.666. The fourth-order valence-corrected chi connectivity index (χ4v) is 2.02. The molecule has 0 spiro atoms. The van der Waals surface area contributed by atoms with E-state index in [0.717, 1.165) is 41.3 Å². The molecule has 1 aliphatic carbocycles. The molecule has 19 heavy (non-hydrogen) atoms. The highest BCUT2D eigenvalue weighted by Gasteiger charge is 2.18. The van der Waals surface area contributed by atoms with Gasteiger partial charge in [0.1, 0.15) is 5.75 Å². The van der Waals surface area contributed by atoms with E-state index in [1.807, 2.05) is 44.2 Å². The van der Waals surface area contributed by atoms with Crippen LogP contribution in [0.5, 0.6) is 5.75 Å². The van der Waals surface area contributed by atoms with Gasteiger partial charge in [-0.25, -0.2) is 0 Å². The van der Waals surface area contributed by atoms with Gasteiger partial charge in [0, 0.05) is 17.7 Å². The first-order chi connectivity index (χ1) is 9.22. The van der Waals surface area contributed by atoms with Gasteiger partial charge in [0.15, 0.2) is 0 Å². The summed E-state index contributed by atoms with van der Waals surface area (Å²) in [4.78, 5) is 7.87. The molecule has 4 heteroatoms. The van der Waals surface area contributed by atoms with Gasteiger partial charge in [0.25, 0.3) is 5.71 Å². The number of nitrogens with zero attached hydrogens (tertiary/aromatic N) is 3. The van der Waals surface area contributed by atoms with Crippen LogP contribution in [0, 0.1) is 0 Å². The second-order valence-corrected chi connectivity index (χ2v) is 4.40. The van der Waals surface area contributed by atoms with Gasteiger partial charge < -0.3 is 10.3 Å². The Kier molecular flexibility index (Phi) is 4.26. The Morgan fingerprint density at radius 2 is 2.00 bits per heavy atom. The van der Waals surface area contributed by atoms with Crippen LogP contribution >= 0.6 is 0 Å². The summed E-state index contributed by atoms with van der Waals surface area (Å²) in [6.45, 7) is 4.56. The van der Waals surface area contributed by atoms with Crippen molar-refractivity contribution in [3.8, 4) is 5.75 Å². The van der Waals surface area contributed by atoms with E-state index in [4.69, 9.17) is 10.3 Å². The third kappa shape index (κ3) is 3.39. The van der Waals surface area contributed by atoms with Crippen molar-refractivity contribution >= 4 is 17.1 Å². The van der Waals surface area contributed by atoms with E-state index >= 15 is 0 Å². The van der Waals surface area contributed by atoms with Gasteiger partial charge in [-0.15, -0.1) is 0 Å². The molecule has 0 radical (unpaired) electrons. The molecular weight excluding hydrogens is 238 g/mol. The minimum Gasteiger partial charge on any atom is -0.494 e. The summed E-state index contributed by atoms with van der Waals surface area (Å²) in [7, 11) is 0. The lowest BCUT2D eigenvalue weighted by molar-refractivity contribution is -0.00728. The first-order valence-electron chi connectivity index (χ1n) is 6.43. The zero-order valence-electron chi connectivity index (χ0n) is 11.3. The van der Waals surface area contributed by atoms with Crippen molar-refractivity contribution < 1.29 is 9.53 Å². The van der Waals surface area contributed by atoms with E-state index in [1.54, 1.807) is 0 Å². The Morgan fingerprint density at radius 1 is 1.26 bits per heavy atom. The molecule has 0 N–H and O–H groups in total. The van der Waals surface area contributed by atoms with Crippen LogP contribution in [-0.4, -0.2) is 22.8 Å². The Bertz CT molecular complexity index is 564. The Labute approximate surface area is 113 Å². The van der Waals surface area contributed by atoms with Crippen LogP contribution in [0.1, 0.15) is 26.7 Å². The van der Waals surface area contributed by atoms with Gasteiger partial charge in [-0.3, -0.25) is 4.99 Å². The number of allylic oxidation sites excluding steroid dienone is 2. The van der Waals surface area contributed by atoms with Crippen molar-refractivity contribution in [2.75, 3.05) is 6.61 Å². The minimum absolute atomic E-state index is 0.666. The normalized spacial score (nSPS) is 17.1. The van der Waals surface area contributed by atoms with Crippen molar-refractivity contribution in [2.24, 2.45) is 4.99 Å². The molecule has 1 aromatic carbocycles. The van der Waals surface area contributed by atoms with Crippen LogP contribution in [-0.2, 0) is 0 Å². The summed E-state index contributed by atoms with van der Waals surface area (Å²) in [6, 6.07) is 7.72. The summed E-state index contributed by atoms with van der Waals surface area (Å²) < 4.78 is 5.39. The second-order valence-electron chi connectivity index (χ2n) is 4.40. The number of rotatable bonds is 3. The summed E-state index contributed by atoms with van der Waals surface area (Å²) in [5, 5.41) is 0.